The van der Waals surface area contributed by atoms with Crippen molar-refractivity contribution in [3.05, 3.63) is 25.9 Å². The van der Waals surface area contributed by atoms with Crippen molar-refractivity contribution in [3.63, 3.8) is 0 Å². The van der Waals surface area contributed by atoms with E-state index in [1.54, 1.807) is 5.32 Å². The molecule has 0 saturated carbocycles. The lowest BCUT2D eigenvalue weighted by atomic mass is 10.3. The number of urea groups is 1. The molecule has 0 aliphatic heterocycles. The maximum Gasteiger partial charge on any atom is 0.359 e. The van der Waals surface area contributed by atoms with Crippen LogP contribution in [0.25, 0.3) is 0 Å². The third-order valence-corrected chi connectivity index (χ3v) is 3.45. The molecule has 0 unspecified atom stereocenters. The molecular weight excluding hydrogens is 356 g/mol. The predicted octanol–water partition coefficient (Wildman–Crippen LogP) is 2.05. The van der Waals surface area contributed by atoms with Gasteiger partial charge in [-0.05, 0) is 0 Å². The second-order valence-corrected chi connectivity index (χ2v) is 4.67. The van der Waals surface area contributed by atoms with Gasteiger partial charge in [-0.1, -0.05) is 46.4 Å². The van der Waals surface area contributed by atoms with Crippen LogP contribution in [0.2, 0.25) is 20.2 Å². The van der Waals surface area contributed by atoms with Crippen molar-refractivity contribution in [2.24, 2.45) is 5.73 Å². The Hall–Kier alpha value is -1.28. The van der Waals surface area contributed by atoms with E-state index >= 15 is 0 Å². The van der Waals surface area contributed by atoms with Gasteiger partial charge in [0.25, 0.3) is 5.91 Å². The van der Waals surface area contributed by atoms with E-state index in [0.29, 0.717) is 0 Å². The Morgan fingerprint density at radius 1 is 1.10 bits per heavy atom. The monoisotopic (exact) mass is 359 g/mol. The number of ether oxygens (including phenoxy) is 1. The largest absolute Gasteiger partial charge is 0.451 e. The zero-order valence-corrected chi connectivity index (χ0v) is 12.4. The number of aromatic nitrogens is 1. The molecule has 3 N–H and O–H groups in total. The predicted molar refractivity (Wildman–Crippen MR) is 72.3 cm³/mol. The number of halogens is 4. The normalized spacial score (nSPS) is 10.0. The molecule has 0 bridgehead atoms. The quantitative estimate of drug-likeness (QED) is 0.632. The Bertz CT molecular complexity index is 593. The van der Waals surface area contributed by atoms with Crippen molar-refractivity contribution in [2.75, 3.05) is 6.61 Å². The summed E-state index contributed by atoms with van der Waals surface area (Å²) in [6.45, 7) is -0.766. The zero-order valence-electron chi connectivity index (χ0n) is 9.38. The molecule has 0 aromatic carbocycles. The summed E-state index contributed by atoms with van der Waals surface area (Å²) in [5, 5.41) is 0.858. The molecule has 11 heteroatoms. The Labute approximate surface area is 132 Å². The summed E-state index contributed by atoms with van der Waals surface area (Å²) in [4.78, 5) is 36.7. The fourth-order valence-electron chi connectivity index (χ4n) is 0.995. The van der Waals surface area contributed by atoms with Gasteiger partial charge in [0.15, 0.2) is 12.3 Å². The fourth-order valence-corrected chi connectivity index (χ4v) is 1.80. The van der Waals surface area contributed by atoms with Crippen LogP contribution in [0.5, 0.6) is 0 Å². The zero-order chi connectivity index (χ0) is 15.4. The Morgan fingerprint density at radius 3 is 2.25 bits per heavy atom. The first kappa shape index (κ1) is 16.8. The Morgan fingerprint density at radius 2 is 1.70 bits per heavy atom. The Kier molecular flexibility index (Phi) is 5.82. The molecule has 1 heterocycles. The van der Waals surface area contributed by atoms with Gasteiger partial charge in [-0.2, -0.15) is 0 Å². The third kappa shape index (κ3) is 4.11. The number of amides is 3. The van der Waals surface area contributed by atoms with E-state index in [1.165, 1.54) is 0 Å². The number of nitrogens with two attached hydrogens (primary N) is 1. The summed E-state index contributed by atoms with van der Waals surface area (Å²) in [5.74, 6) is -2.00. The van der Waals surface area contributed by atoms with E-state index in [-0.39, 0.29) is 20.2 Å². The van der Waals surface area contributed by atoms with Crippen LogP contribution >= 0.6 is 46.4 Å². The number of pyridine rings is 1. The van der Waals surface area contributed by atoms with Gasteiger partial charge >= 0.3 is 12.0 Å². The summed E-state index contributed by atoms with van der Waals surface area (Å²) >= 11 is 22.8. The molecule has 0 aliphatic carbocycles. The smallest absolute Gasteiger partial charge is 0.359 e. The first-order valence-electron chi connectivity index (χ1n) is 4.70. The number of carbonyl (C=O) groups excluding carboxylic acids is 3. The maximum absolute atomic E-state index is 11.6. The van der Waals surface area contributed by atoms with Gasteiger partial charge in [0.2, 0.25) is 0 Å². The first-order valence-corrected chi connectivity index (χ1v) is 6.21. The van der Waals surface area contributed by atoms with Gasteiger partial charge in [0.1, 0.15) is 5.15 Å². The minimum Gasteiger partial charge on any atom is -0.451 e. The molecule has 1 aromatic rings. The van der Waals surface area contributed by atoms with Crippen LogP contribution in [-0.2, 0) is 9.53 Å². The second-order valence-electron chi connectivity index (χ2n) is 3.18. The number of esters is 1. The summed E-state index contributed by atoms with van der Waals surface area (Å²) in [7, 11) is 0. The van der Waals surface area contributed by atoms with Crippen molar-refractivity contribution in [3.8, 4) is 0 Å². The molecule has 108 valence electrons. The lowest BCUT2D eigenvalue weighted by Gasteiger charge is -2.08. The highest BCUT2D eigenvalue weighted by atomic mass is 35.5. The van der Waals surface area contributed by atoms with Gasteiger partial charge in [-0.25, -0.2) is 14.6 Å². The molecule has 1 rings (SSSR count). The average Bonchev–Trinajstić information content (AvgIpc) is 2.37. The maximum atomic E-state index is 11.6. The molecule has 0 atom stereocenters. The van der Waals surface area contributed by atoms with Crippen LogP contribution < -0.4 is 11.1 Å². The molecule has 0 fully saturated rings. The first-order chi connectivity index (χ1) is 9.23. The molecule has 0 aliphatic rings. The molecule has 0 spiro atoms. The number of rotatable bonds is 3. The lowest BCUT2D eigenvalue weighted by molar-refractivity contribution is -0.123. The standard InChI is InChI=1S/C9H5Cl4N3O4/c10-3-4(11)6(16-7(13)5(3)12)8(18)20-1-2(17)15-9(14)19/h1H2,(H3,14,15,17,19). The summed E-state index contributed by atoms with van der Waals surface area (Å²) in [6, 6.07) is -1.08. The number of carbonyl (C=O) groups is 3. The Balaban J connectivity index is 2.84. The van der Waals surface area contributed by atoms with Crippen LogP contribution in [0.1, 0.15) is 10.5 Å². The van der Waals surface area contributed by atoms with Gasteiger partial charge in [0, 0.05) is 0 Å². The molecular formula is C9H5Cl4N3O4. The summed E-state index contributed by atoms with van der Waals surface area (Å²) in [6.07, 6.45) is 0. The van der Waals surface area contributed by atoms with Gasteiger partial charge in [0.05, 0.1) is 15.1 Å². The van der Waals surface area contributed by atoms with Crippen molar-refractivity contribution in [1.82, 2.24) is 10.3 Å². The van der Waals surface area contributed by atoms with Crippen molar-refractivity contribution in [2.45, 2.75) is 0 Å². The van der Waals surface area contributed by atoms with Crippen LogP contribution in [0.15, 0.2) is 0 Å². The van der Waals surface area contributed by atoms with E-state index in [2.05, 4.69) is 9.72 Å². The molecule has 20 heavy (non-hydrogen) atoms. The van der Waals surface area contributed by atoms with Crippen molar-refractivity contribution < 1.29 is 19.1 Å². The van der Waals surface area contributed by atoms with Gasteiger partial charge < -0.3 is 10.5 Å². The molecule has 3 amide bonds. The van der Waals surface area contributed by atoms with Gasteiger partial charge in [-0.3, -0.25) is 10.1 Å². The molecule has 0 saturated heterocycles. The number of primary amides is 1. The third-order valence-electron chi connectivity index (χ3n) is 1.77. The number of hydrogen-bond acceptors (Lipinski definition) is 5. The number of nitrogens with one attached hydrogen (secondary N) is 1. The van der Waals surface area contributed by atoms with Crippen LogP contribution in [-0.4, -0.2) is 29.5 Å². The number of nitrogens with zero attached hydrogens (tertiary/aromatic N) is 1. The second kappa shape index (κ2) is 6.94. The molecule has 0 radical (unpaired) electrons. The highest BCUT2D eigenvalue weighted by Gasteiger charge is 2.22. The molecule has 7 nitrogen and oxygen atoms in total. The van der Waals surface area contributed by atoms with E-state index in [0.717, 1.165) is 0 Å². The van der Waals surface area contributed by atoms with E-state index in [1.807, 2.05) is 0 Å². The molecule has 1 aromatic heterocycles. The number of imide groups is 1. The van der Waals surface area contributed by atoms with E-state index in [9.17, 15) is 14.4 Å². The van der Waals surface area contributed by atoms with Gasteiger partial charge in [-0.15, -0.1) is 0 Å². The average molecular weight is 361 g/mol. The minimum atomic E-state index is -1.08. The lowest BCUT2D eigenvalue weighted by Crippen LogP contribution is -2.37. The number of hydrogen-bond donors (Lipinski definition) is 2. The summed E-state index contributed by atoms with van der Waals surface area (Å²) < 4.78 is 4.56. The van der Waals surface area contributed by atoms with Crippen LogP contribution in [0.4, 0.5) is 4.79 Å². The highest BCUT2D eigenvalue weighted by Crippen LogP contribution is 2.36. The van der Waals surface area contributed by atoms with E-state index in [4.69, 9.17) is 52.1 Å². The van der Waals surface area contributed by atoms with Crippen molar-refractivity contribution >= 4 is 64.3 Å². The minimum absolute atomic E-state index is 0.124. The summed E-state index contributed by atoms with van der Waals surface area (Å²) in [5.41, 5.74) is 4.28. The van der Waals surface area contributed by atoms with E-state index < -0.39 is 30.2 Å². The SMILES string of the molecule is NC(=O)NC(=O)COC(=O)c1nc(Cl)c(Cl)c(Cl)c1Cl. The highest BCUT2D eigenvalue weighted by molar-refractivity contribution is 6.52. The fraction of sp³-hybridized carbons (Fsp3) is 0.111. The van der Waals surface area contributed by atoms with Crippen molar-refractivity contribution in [1.29, 1.82) is 0 Å². The topological polar surface area (TPSA) is 111 Å². The van der Waals surface area contributed by atoms with Crippen LogP contribution in [0, 0.1) is 0 Å². The van der Waals surface area contributed by atoms with Crippen LogP contribution in [0.3, 0.4) is 0 Å².